The molecule has 2 saturated heterocycles. The predicted octanol–water partition coefficient (Wildman–Crippen LogP) is 2.94. The highest BCUT2D eigenvalue weighted by Gasteiger charge is 2.32. The quantitative estimate of drug-likeness (QED) is 0.919. The minimum absolute atomic E-state index is 0.159. The molecule has 2 atom stereocenters. The van der Waals surface area contributed by atoms with Crippen LogP contribution in [-0.4, -0.2) is 42.0 Å². The van der Waals surface area contributed by atoms with Gasteiger partial charge in [-0.1, -0.05) is 0 Å². The maximum absolute atomic E-state index is 12.7. The van der Waals surface area contributed by atoms with Crippen molar-refractivity contribution in [3.63, 3.8) is 0 Å². The Morgan fingerprint density at radius 2 is 2.05 bits per heavy atom. The fourth-order valence-electron chi connectivity index (χ4n) is 3.47. The van der Waals surface area contributed by atoms with Gasteiger partial charge in [-0.05, 0) is 49.2 Å². The molecular formula is C16H19N3OS2. The van der Waals surface area contributed by atoms with Crippen molar-refractivity contribution in [2.45, 2.75) is 12.8 Å². The van der Waals surface area contributed by atoms with Crippen LogP contribution < -0.4 is 5.32 Å². The second kappa shape index (κ2) is 6.10. The lowest BCUT2D eigenvalue weighted by atomic mass is 9.92. The number of nitrogens with zero attached hydrogens (tertiary/aromatic N) is 2. The fraction of sp³-hybridized carbons (Fsp3) is 0.500. The van der Waals surface area contributed by atoms with Gasteiger partial charge in [0.1, 0.15) is 9.88 Å². The summed E-state index contributed by atoms with van der Waals surface area (Å²) in [6, 6.07) is 2.05. The van der Waals surface area contributed by atoms with Crippen LogP contribution in [0.3, 0.4) is 0 Å². The number of amides is 1. The lowest BCUT2D eigenvalue weighted by molar-refractivity contribution is 0.0763. The van der Waals surface area contributed by atoms with E-state index < -0.39 is 0 Å². The van der Waals surface area contributed by atoms with Crippen molar-refractivity contribution >= 4 is 28.6 Å². The van der Waals surface area contributed by atoms with Crippen LogP contribution in [0.2, 0.25) is 0 Å². The average molecular weight is 333 g/mol. The largest absolute Gasteiger partial charge is 0.338 e. The van der Waals surface area contributed by atoms with Crippen molar-refractivity contribution in [3.05, 3.63) is 27.9 Å². The van der Waals surface area contributed by atoms with E-state index in [1.54, 1.807) is 17.5 Å². The first-order chi connectivity index (χ1) is 10.8. The topological polar surface area (TPSA) is 45.2 Å². The van der Waals surface area contributed by atoms with Gasteiger partial charge in [0.15, 0.2) is 0 Å². The SMILES string of the molecule is O=C(c1cnc(-c2ccsc2)s1)N1CC[C@@H]2CNC[C@@H]2CC1. The van der Waals surface area contributed by atoms with Gasteiger partial charge in [0, 0.05) is 24.0 Å². The van der Waals surface area contributed by atoms with E-state index >= 15 is 0 Å². The summed E-state index contributed by atoms with van der Waals surface area (Å²) in [5.74, 6) is 1.66. The summed E-state index contributed by atoms with van der Waals surface area (Å²) in [6.45, 7) is 4.01. The Morgan fingerprint density at radius 3 is 2.73 bits per heavy atom. The van der Waals surface area contributed by atoms with Crippen molar-refractivity contribution in [1.82, 2.24) is 15.2 Å². The number of thiophene rings is 1. The number of hydrogen-bond donors (Lipinski definition) is 1. The molecule has 0 saturated carbocycles. The molecule has 2 aromatic rings. The van der Waals surface area contributed by atoms with Gasteiger partial charge >= 0.3 is 0 Å². The van der Waals surface area contributed by atoms with Gasteiger partial charge in [0.25, 0.3) is 5.91 Å². The van der Waals surface area contributed by atoms with Gasteiger partial charge in [-0.2, -0.15) is 11.3 Å². The molecular weight excluding hydrogens is 314 g/mol. The van der Waals surface area contributed by atoms with Crippen LogP contribution in [-0.2, 0) is 0 Å². The molecule has 0 spiro atoms. The molecule has 2 aliphatic heterocycles. The molecule has 4 heterocycles. The van der Waals surface area contributed by atoms with Gasteiger partial charge in [-0.15, -0.1) is 11.3 Å². The maximum Gasteiger partial charge on any atom is 0.265 e. The number of hydrogen-bond acceptors (Lipinski definition) is 5. The third kappa shape index (κ3) is 2.71. The van der Waals surface area contributed by atoms with Crippen molar-refractivity contribution < 1.29 is 4.79 Å². The molecule has 0 aromatic carbocycles. The van der Waals surface area contributed by atoms with Crippen LogP contribution in [0.5, 0.6) is 0 Å². The van der Waals surface area contributed by atoms with Crippen LogP contribution in [0.25, 0.3) is 10.6 Å². The standard InChI is InChI=1S/C16H19N3OS2/c20-16(14-9-18-15(22-14)13-3-6-21-10-13)19-4-1-11-7-17-8-12(11)2-5-19/h3,6,9-12,17H,1-2,4-5,7-8H2/t11-,12+. The number of aromatic nitrogens is 1. The minimum atomic E-state index is 0.159. The van der Waals surface area contributed by atoms with Gasteiger partial charge in [0.05, 0.1) is 6.20 Å². The summed E-state index contributed by atoms with van der Waals surface area (Å²) in [5, 5.41) is 8.54. The predicted molar refractivity (Wildman–Crippen MR) is 90.4 cm³/mol. The summed E-state index contributed by atoms with van der Waals surface area (Å²) >= 11 is 3.17. The normalized spacial score (nSPS) is 25.0. The Hall–Kier alpha value is -1.24. The molecule has 1 amide bonds. The Morgan fingerprint density at radius 1 is 1.27 bits per heavy atom. The van der Waals surface area contributed by atoms with E-state index in [-0.39, 0.29) is 5.91 Å². The molecule has 4 nitrogen and oxygen atoms in total. The fourth-order valence-corrected chi connectivity index (χ4v) is 5.07. The smallest absolute Gasteiger partial charge is 0.265 e. The molecule has 0 radical (unpaired) electrons. The van der Waals surface area contributed by atoms with E-state index in [0.29, 0.717) is 0 Å². The third-order valence-corrected chi connectivity index (χ3v) is 6.51. The molecule has 0 bridgehead atoms. The summed E-state index contributed by atoms with van der Waals surface area (Å²) in [7, 11) is 0. The number of carbonyl (C=O) groups excluding carboxylic acids is 1. The van der Waals surface area contributed by atoms with E-state index in [4.69, 9.17) is 0 Å². The van der Waals surface area contributed by atoms with Crippen LogP contribution in [0.4, 0.5) is 0 Å². The van der Waals surface area contributed by atoms with Crippen LogP contribution >= 0.6 is 22.7 Å². The minimum Gasteiger partial charge on any atom is -0.338 e. The number of carbonyl (C=O) groups is 1. The van der Waals surface area contributed by atoms with E-state index in [0.717, 1.165) is 66.3 Å². The third-order valence-electron chi connectivity index (χ3n) is 4.79. The zero-order valence-electron chi connectivity index (χ0n) is 12.3. The zero-order chi connectivity index (χ0) is 14.9. The molecule has 116 valence electrons. The molecule has 2 fully saturated rings. The number of nitrogens with one attached hydrogen (secondary N) is 1. The Labute approximate surface area is 138 Å². The zero-order valence-corrected chi connectivity index (χ0v) is 14.0. The molecule has 2 aromatic heterocycles. The van der Waals surface area contributed by atoms with Crippen molar-refractivity contribution in [2.75, 3.05) is 26.2 Å². The monoisotopic (exact) mass is 333 g/mol. The van der Waals surface area contributed by atoms with Crippen molar-refractivity contribution in [1.29, 1.82) is 0 Å². The Bertz CT molecular complexity index is 638. The number of likely N-dealkylation sites (tertiary alicyclic amines) is 1. The van der Waals surface area contributed by atoms with Crippen LogP contribution in [0, 0.1) is 11.8 Å². The highest BCUT2D eigenvalue weighted by Crippen LogP contribution is 2.30. The first-order valence-electron chi connectivity index (χ1n) is 7.79. The number of fused-ring (bicyclic) bond motifs is 1. The van der Waals surface area contributed by atoms with Crippen molar-refractivity contribution in [2.24, 2.45) is 11.8 Å². The van der Waals surface area contributed by atoms with Gasteiger partial charge < -0.3 is 10.2 Å². The lowest BCUT2D eigenvalue weighted by Crippen LogP contribution is -2.32. The van der Waals surface area contributed by atoms with E-state index in [1.165, 1.54) is 11.3 Å². The molecule has 0 aliphatic carbocycles. The van der Waals surface area contributed by atoms with E-state index in [1.807, 2.05) is 10.3 Å². The van der Waals surface area contributed by atoms with E-state index in [2.05, 4.69) is 21.7 Å². The van der Waals surface area contributed by atoms with Gasteiger partial charge in [-0.3, -0.25) is 4.79 Å². The van der Waals surface area contributed by atoms with Crippen LogP contribution in [0.15, 0.2) is 23.0 Å². The highest BCUT2D eigenvalue weighted by molar-refractivity contribution is 7.17. The molecule has 6 heteroatoms. The Kier molecular flexibility index (Phi) is 3.98. The first kappa shape index (κ1) is 14.4. The number of thiazole rings is 1. The molecule has 0 unspecified atom stereocenters. The highest BCUT2D eigenvalue weighted by atomic mass is 32.1. The van der Waals surface area contributed by atoms with Gasteiger partial charge in [-0.25, -0.2) is 4.98 Å². The van der Waals surface area contributed by atoms with E-state index in [9.17, 15) is 4.79 Å². The molecule has 22 heavy (non-hydrogen) atoms. The summed E-state index contributed by atoms with van der Waals surface area (Å²) in [5.41, 5.74) is 1.12. The second-order valence-electron chi connectivity index (χ2n) is 6.09. The second-order valence-corrected chi connectivity index (χ2v) is 7.90. The van der Waals surface area contributed by atoms with Crippen LogP contribution in [0.1, 0.15) is 22.5 Å². The maximum atomic E-state index is 12.7. The first-order valence-corrected chi connectivity index (χ1v) is 9.55. The summed E-state index contributed by atoms with van der Waals surface area (Å²) < 4.78 is 0. The Balaban J connectivity index is 1.47. The molecule has 4 rings (SSSR count). The lowest BCUT2D eigenvalue weighted by Gasteiger charge is -2.19. The molecule has 2 aliphatic rings. The van der Waals surface area contributed by atoms with Crippen molar-refractivity contribution in [3.8, 4) is 10.6 Å². The van der Waals surface area contributed by atoms with Gasteiger partial charge in [0.2, 0.25) is 0 Å². The molecule has 1 N–H and O–H groups in total. The summed E-state index contributed by atoms with van der Waals surface area (Å²) in [4.78, 5) is 20.0. The average Bonchev–Trinajstić information content (AvgIpc) is 3.26. The summed E-state index contributed by atoms with van der Waals surface area (Å²) in [6.07, 6.45) is 3.99. The number of rotatable bonds is 2.